The van der Waals surface area contributed by atoms with Crippen LogP contribution in [-0.2, 0) is 27.3 Å². The molecule has 7 nitrogen and oxygen atoms in total. The number of nitrogens with zero attached hydrogens (tertiary/aromatic N) is 1. The summed E-state index contributed by atoms with van der Waals surface area (Å²) in [5.74, 6) is 0.339. The maximum atomic E-state index is 12.1. The van der Waals surface area contributed by atoms with Gasteiger partial charge in [0.05, 0.1) is 31.3 Å². The number of aromatic nitrogens is 1. The minimum absolute atomic E-state index is 0.0532. The highest BCUT2D eigenvalue weighted by Crippen LogP contribution is 2.27. The Balaban J connectivity index is 1.84. The number of amides is 1. The molecule has 8 heteroatoms. The van der Waals surface area contributed by atoms with E-state index >= 15 is 0 Å². The standard InChI is InChI=1S/C18H22N2O5S/c1-11(25-17(21)8-14-10-26-12(2)20-14)18(22)19-9-13-5-6-15(23-3)16(7-13)24-4/h5-7,10-11H,8-9H2,1-4H3,(H,19,22). The third kappa shape index (κ3) is 5.45. The molecule has 26 heavy (non-hydrogen) atoms. The lowest BCUT2D eigenvalue weighted by molar-refractivity contribution is -0.154. The molecular weight excluding hydrogens is 356 g/mol. The third-order valence-corrected chi connectivity index (χ3v) is 4.41. The summed E-state index contributed by atoms with van der Waals surface area (Å²) in [6.07, 6.45) is -0.833. The maximum absolute atomic E-state index is 12.1. The molecule has 1 N–H and O–H groups in total. The second kappa shape index (κ2) is 9.19. The zero-order valence-corrected chi connectivity index (χ0v) is 16.0. The largest absolute Gasteiger partial charge is 0.493 e. The Bertz CT molecular complexity index is 775. The number of carbonyl (C=O) groups is 2. The van der Waals surface area contributed by atoms with E-state index in [1.807, 2.05) is 13.0 Å². The lowest BCUT2D eigenvalue weighted by Crippen LogP contribution is -2.35. The molecule has 0 radical (unpaired) electrons. The van der Waals surface area contributed by atoms with E-state index in [0.717, 1.165) is 10.6 Å². The smallest absolute Gasteiger partial charge is 0.312 e. The molecule has 2 aromatic rings. The minimum atomic E-state index is -0.887. The average Bonchev–Trinajstić information content (AvgIpc) is 3.03. The van der Waals surface area contributed by atoms with Gasteiger partial charge in [0.25, 0.3) is 5.91 Å². The first-order valence-corrected chi connectivity index (χ1v) is 8.90. The molecule has 1 unspecified atom stereocenters. The van der Waals surface area contributed by atoms with Crippen LogP contribution in [0.1, 0.15) is 23.2 Å². The van der Waals surface area contributed by atoms with Crippen LogP contribution in [0.2, 0.25) is 0 Å². The van der Waals surface area contributed by atoms with Crippen molar-refractivity contribution in [1.29, 1.82) is 0 Å². The minimum Gasteiger partial charge on any atom is -0.493 e. The average molecular weight is 378 g/mol. The Morgan fingerprint density at radius 3 is 2.58 bits per heavy atom. The quantitative estimate of drug-likeness (QED) is 0.709. The first-order valence-electron chi connectivity index (χ1n) is 8.02. The van der Waals surface area contributed by atoms with Crippen LogP contribution < -0.4 is 14.8 Å². The molecule has 1 heterocycles. The number of nitrogens with one attached hydrogen (secondary N) is 1. The van der Waals surface area contributed by atoms with Gasteiger partial charge in [-0.15, -0.1) is 11.3 Å². The van der Waals surface area contributed by atoms with Crippen LogP contribution in [0.25, 0.3) is 0 Å². The highest BCUT2D eigenvalue weighted by atomic mass is 32.1. The van der Waals surface area contributed by atoms with Gasteiger partial charge >= 0.3 is 5.97 Å². The number of hydrogen-bond acceptors (Lipinski definition) is 7. The van der Waals surface area contributed by atoms with Crippen LogP contribution >= 0.6 is 11.3 Å². The van der Waals surface area contributed by atoms with Crippen molar-refractivity contribution >= 4 is 23.2 Å². The van der Waals surface area contributed by atoms with Gasteiger partial charge in [-0.25, -0.2) is 4.98 Å². The second-order valence-corrected chi connectivity index (χ2v) is 6.64. The molecule has 0 aliphatic carbocycles. The molecule has 140 valence electrons. The first-order chi connectivity index (χ1) is 12.4. The van der Waals surface area contributed by atoms with Gasteiger partial charge in [0.1, 0.15) is 0 Å². The Kier molecular flexibility index (Phi) is 6.97. The van der Waals surface area contributed by atoms with Crippen LogP contribution in [-0.4, -0.2) is 37.2 Å². The van der Waals surface area contributed by atoms with Gasteiger partial charge in [-0.1, -0.05) is 6.07 Å². The van der Waals surface area contributed by atoms with E-state index < -0.39 is 12.1 Å². The number of thiazole rings is 1. The fourth-order valence-electron chi connectivity index (χ4n) is 2.25. The number of aryl methyl sites for hydroxylation is 1. The van der Waals surface area contributed by atoms with E-state index in [2.05, 4.69) is 10.3 Å². The first kappa shape index (κ1) is 19.7. The zero-order chi connectivity index (χ0) is 19.1. The molecule has 1 aromatic heterocycles. The van der Waals surface area contributed by atoms with Gasteiger partial charge in [-0.05, 0) is 31.5 Å². The number of rotatable bonds is 8. The summed E-state index contributed by atoms with van der Waals surface area (Å²) in [4.78, 5) is 28.2. The van der Waals surface area contributed by atoms with E-state index in [1.165, 1.54) is 18.3 Å². The van der Waals surface area contributed by atoms with Gasteiger partial charge in [0, 0.05) is 11.9 Å². The van der Waals surface area contributed by atoms with Crippen molar-refractivity contribution in [1.82, 2.24) is 10.3 Å². The van der Waals surface area contributed by atoms with Crippen LogP contribution in [0.3, 0.4) is 0 Å². The number of carbonyl (C=O) groups excluding carboxylic acids is 2. The SMILES string of the molecule is COc1ccc(CNC(=O)C(C)OC(=O)Cc2csc(C)n2)cc1OC. The van der Waals surface area contributed by atoms with Crippen molar-refractivity contribution in [2.75, 3.05) is 14.2 Å². The Labute approximate surface area is 156 Å². The highest BCUT2D eigenvalue weighted by Gasteiger charge is 2.18. The summed E-state index contributed by atoms with van der Waals surface area (Å²) in [7, 11) is 3.10. The van der Waals surface area contributed by atoms with Crippen LogP contribution in [0.5, 0.6) is 11.5 Å². The Morgan fingerprint density at radius 2 is 1.96 bits per heavy atom. The van der Waals surface area contributed by atoms with E-state index in [1.54, 1.807) is 31.7 Å². The summed E-state index contributed by atoms with van der Waals surface area (Å²) in [6.45, 7) is 3.68. The van der Waals surface area contributed by atoms with Crippen molar-refractivity contribution in [3.63, 3.8) is 0 Å². The van der Waals surface area contributed by atoms with Gasteiger partial charge < -0.3 is 19.5 Å². The lowest BCUT2D eigenvalue weighted by Gasteiger charge is -2.14. The molecule has 0 fully saturated rings. The number of esters is 1. The molecule has 0 saturated heterocycles. The fourth-order valence-corrected chi connectivity index (χ4v) is 2.87. The number of hydrogen-bond donors (Lipinski definition) is 1. The summed E-state index contributed by atoms with van der Waals surface area (Å²) in [5.41, 5.74) is 1.49. The molecule has 0 aliphatic heterocycles. The third-order valence-electron chi connectivity index (χ3n) is 3.58. The van der Waals surface area contributed by atoms with Gasteiger partial charge in [-0.3, -0.25) is 9.59 Å². The van der Waals surface area contributed by atoms with Crippen molar-refractivity contribution in [3.05, 3.63) is 39.8 Å². The lowest BCUT2D eigenvalue weighted by atomic mass is 10.2. The summed E-state index contributed by atoms with van der Waals surface area (Å²) >= 11 is 1.47. The van der Waals surface area contributed by atoms with E-state index in [9.17, 15) is 9.59 Å². The van der Waals surface area contributed by atoms with Crippen LogP contribution in [0.15, 0.2) is 23.6 Å². The van der Waals surface area contributed by atoms with E-state index in [0.29, 0.717) is 17.2 Å². The Hall–Kier alpha value is -2.61. The van der Waals surface area contributed by atoms with E-state index in [4.69, 9.17) is 14.2 Å². The van der Waals surface area contributed by atoms with Crippen molar-refractivity contribution < 1.29 is 23.8 Å². The molecule has 1 atom stereocenters. The van der Waals surface area contributed by atoms with Crippen molar-refractivity contribution in [2.24, 2.45) is 0 Å². The Morgan fingerprint density at radius 1 is 1.23 bits per heavy atom. The predicted molar refractivity (Wildman–Crippen MR) is 97.5 cm³/mol. The summed E-state index contributed by atoms with van der Waals surface area (Å²) in [5, 5.41) is 5.42. The number of benzene rings is 1. The molecular formula is C18H22N2O5S. The van der Waals surface area contributed by atoms with Gasteiger partial charge in [-0.2, -0.15) is 0 Å². The molecule has 0 aliphatic rings. The zero-order valence-electron chi connectivity index (χ0n) is 15.2. The second-order valence-electron chi connectivity index (χ2n) is 5.57. The molecule has 0 saturated carbocycles. The topological polar surface area (TPSA) is 86.8 Å². The number of ether oxygens (including phenoxy) is 3. The van der Waals surface area contributed by atoms with Gasteiger partial charge in [0.15, 0.2) is 17.6 Å². The fraction of sp³-hybridized carbons (Fsp3) is 0.389. The molecule has 1 amide bonds. The predicted octanol–water partition coefficient (Wildman–Crippen LogP) is 2.26. The summed E-state index contributed by atoms with van der Waals surface area (Å²) < 4.78 is 15.6. The summed E-state index contributed by atoms with van der Waals surface area (Å²) in [6, 6.07) is 5.36. The van der Waals surface area contributed by atoms with Crippen LogP contribution in [0.4, 0.5) is 0 Å². The molecule has 1 aromatic carbocycles. The highest BCUT2D eigenvalue weighted by molar-refractivity contribution is 7.09. The normalized spacial score (nSPS) is 11.5. The molecule has 2 rings (SSSR count). The monoisotopic (exact) mass is 378 g/mol. The molecule has 0 bridgehead atoms. The maximum Gasteiger partial charge on any atom is 0.312 e. The van der Waals surface area contributed by atoms with Crippen molar-refractivity contribution in [2.45, 2.75) is 32.9 Å². The van der Waals surface area contributed by atoms with Gasteiger partial charge in [0.2, 0.25) is 0 Å². The van der Waals surface area contributed by atoms with Crippen molar-refractivity contribution in [3.8, 4) is 11.5 Å². The van der Waals surface area contributed by atoms with E-state index in [-0.39, 0.29) is 18.9 Å². The number of methoxy groups -OCH3 is 2. The van der Waals surface area contributed by atoms with Crippen LogP contribution in [0, 0.1) is 6.92 Å². The molecule has 0 spiro atoms.